The van der Waals surface area contributed by atoms with Gasteiger partial charge in [-0.2, -0.15) is 0 Å². The third-order valence-corrected chi connectivity index (χ3v) is 17.8. The third kappa shape index (κ3) is 19.2. The lowest BCUT2D eigenvalue weighted by Gasteiger charge is -2.41. The van der Waals surface area contributed by atoms with E-state index in [0.29, 0.717) is 30.4 Å². The molecule has 0 radical (unpaired) electrons. The normalized spacial score (nSPS) is 25.5. The molecule has 2 heterocycles. The van der Waals surface area contributed by atoms with Gasteiger partial charge in [-0.3, -0.25) is 33.7 Å². The fraction of sp³-hybridized carbons (Fsp3) is 0.667. The minimum absolute atomic E-state index is 0.0186. The van der Waals surface area contributed by atoms with Gasteiger partial charge in [-0.1, -0.05) is 73.1 Å². The van der Waals surface area contributed by atoms with Gasteiger partial charge >= 0.3 is 24.0 Å². The van der Waals surface area contributed by atoms with Crippen LogP contribution < -0.4 is 31.2 Å². The number of hydrogen-bond acceptors (Lipinski definition) is 22. The Bertz CT molecular complexity index is 2920. The molecule has 3 fully saturated rings. The van der Waals surface area contributed by atoms with Crippen LogP contribution in [0.5, 0.6) is 11.5 Å². The molecular formula is C63H95N7O24. The standard InChI is InChI=1S/C63H95N7O24/c1-12-31(6)47(41(89-10)27-44(72)70-23-13-14-39(70)54(90-11)32(7)56(79)66-38(60(84)85)24-33-15-18-35(19-16-33)92-62-53(78)51(76)52(77)55(94-62)61(86)87)68(8)58(81)45(29(2)3)67-57(80)46(30(4)5)69(9)63(88)91-28-34-17-20-40(37(25-34)65-43(71)21-22-64)93-42-26-36(59(82)83)48(73)50(75)49(42)74/h15-20,25,29-32,36,38-39,41-42,45-55,62,73-78H,12-14,21-24,26-28,64H2,1-11H3,(H,65,71)(H,66,79)(H,67,80)(H,82,83)(H,84,85)(H,86,87)/t31?,32-,36?,38-,39+,41-,42-,45+,46+,47+,48?,49+,50+,51-,52-,53+,54-,55-,62+/m1/s1. The van der Waals surface area contributed by atoms with Gasteiger partial charge in [0.2, 0.25) is 35.8 Å². The first-order valence-corrected chi connectivity index (χ1v) is 31.3. The molecule has 3 unspecified atom stereocenters. The van der Waals surface area contributed by atoms with E-state index >= 15 is 0 Å². The van der Waals surface area contributed by atoms with Crippen molar-refractivity contribution in [2.45, 2.75) is 198 Å². The summed E-state index contributed by atoms with van der Waals surface area (Å²) in [5.74, 6) is -11.0. The second kappa shape index (κ2) is 34.9. The molecule has 526 valence electrons. The Kier molecular flexibility index (Phi) is 28.7. The maximum Gasteiger partial charge on any atom is 0.410 e. The third-order valence-electron chi connectivity index (χ3n) is 17.8. The molecule has 31 nitrogen and oxygen atoms in total. The van der Waals surface area contributed by atoms with Crippen LogP contribution in [0.1, 0.15) is 98.1 Å². The number of nitrogens with two attached hydrogens (primary N) is 1. The molecule has 0 bridgehead atoms. The van der Waals surface area contributed by atoms with Gasteiger partial charge in [0, 0.05) is 60.7 Å². The number of ether oxygens (including phenoxy) is 6. The largest absolute Gasteiger partial charge is 0.485 e. The van der Waals surface area contributed by atoms with Crippen molar-refractivity contribution in [2.75, 3.05) is 46.7 Å². The minimum Gasteiger partial charge on any atom is -0.485 e. The van der Waals surface area contributed by atoms with Gasteiger partial charge in [-0.15, -0.1) is 0 Å². The number of carboxylic acids is 3. The zero-order valence-electron chi connectivity index (χ0n) is 54.8. The molecule has 1 saturated carbocycles. The summed E-state index contributed by atoms with van der Waals surface area (Å²) in [7, 11) is 5.72. The molecule has 14 N–H and O–H groups in total. The monoisotopic (exact) mass is 1330 g/mol. The number of hydrogen-bond donors (Lipinski definition) is 13. The van der Waals surface area contributed by atoms with Crippen LogP contribution in [0.4, 0.5) is 10.5 Å². The lowest BCUT2D eigenvalue weighted by molar-refractivity contribution is -0.271. The highest BCUT2D eigenvalue weighted by Crippen LogP contribution is 2.35. The SMILES string of the molecule is CCC(C)[C@@H]([C@@H](CC(=O)N1CCC[C@H]1[C@H](OC)[C@@H](C)C(=O)N[C@H](Cc1ccc(O[C@H]2O[C@@H](C(=O)O)[C@H](O)[C@@H](O)[C@@H]2O)cc1)C(=O)O)OC)N(C)C(=O)[C@@H](NC(=O)[C@H](C(C)C)N(C)C(=O)OCc1ccc(O[C@@H]2CC(C(=O)O)C(O)[C@H](O)[C@H]2O)c(NC(=O)CCN)c1)C(C)C. The zero-order chi connectivity index (χ0) is 70.3. The lowest BCUT2D eigenvalue weighted by Crippen LogP contribution is -2.61. The van der Waals surface area contributed by atoms with Crippen LogP contribution in [0.25, 0.3) is 0 Å². The second-order valence-electron chi connectivity index (χ2n) is 25.0. The highest BCUT2D eigenvalue weighted by Gasteiger charge is 2.50. The molecular weight excluding hydrogens is 1240 g/mol. The molecule has 0 spiro atoms. The molecule has 2 aromatic carbocycles. The molecule has 31 heteroatoms. The number of benzene rings is 2. The van der Waals surface area contributed by atoms with E-state index in [1.807, 2.05) is 13.8 Å². The van der Waals surface area contributed by atoms with E-state index in [4.69, 9.17) is 34.2 Å². The molecule has 5 rings (SSSR count). The second-order valence-corrected chi connectivity index (χ2v) is 25.0. The number of aliphatic hydroxyl groups excluding tert-OH is 6. The van der Waals surface area contributed by atoms with Crippen LogP contribution in [0.15, 0.2) is 42.5 Å². The van der Waals surface area contributed by atoms with E-state index in [-0.39, 0.29) is 61.4 Å². The number of carbonyl (C=O) groups excluding carboxylic acids is 6. The number of aliphatic carboxylic acids is 3. The van der Waals surface area contributed by atoms with Crippen LogP contribution in [0, 0.1) is 29.6 Å². The van der Waals surface area contributed by atoms with Crippen LogP contribution in [-0.2, 0) is 70.3 Å². The highest BCUT2D eigenvalue weighted by molar-refractivity contribution is 5.93. The van der Waals surface area contributed by atoms with Crippen LogP contribution in [0.2, 0.25) is 0 Å². The molecule has 1 aliphatic carbocycles. The molecule has 3 aliphatic rings. The minimum atomic E-state index is -1.93. The van der Waals surface area contributed by atoms with Gasteiger partial charge in [-0.25, -0.2) is 14.4 Å². The summed E-state index contributed by atoms with van der Waals surface area (Å²) in [4.78, 5) is 124. The molecule has 6 amide bonds. The Labute approximate surface area is 545 Å². The van der Waals surface area contributed by atoms with E-state index in [1.165, 1.54) is 68.6 Å². The Balaban J connectivity index is 1.24. The fourth-order valence-corrected chi connectivity index (χ4v) is 12.2. The van der Waals surface area contributed by atoms with Crippen molar-refractivity contribution in [3.63, 3.8) is 0 Å². The number of aliphatic hydroxyl groups is 6. The van der Waals surface area contributed by atoms with E-state index < -0.39 is 182 Å². The van der Waals surface area contributed by atoms with Gasteiger partial charge < -0.3 is 106 Å². The number of anilines is 1. The van der Waals surface area contributed by atoms with E-state index in [2.05, 4.69) is 16.0 Å². The molecule has 94 heavy (non-hydrogen) atoms. The summed E-state index contributed by atoms with van der Waals surface area (Å²) < 4.78 is 34.3. The first-order chi connectivity index (χ1) is 44.2. The van der Waals surface area contributed by atoms with Gasteiger partial charge in [0.1, 0.15) is 72.9 Å². The predicted molar refractivity (Wildman–Crippen MR) is 331 cm³/mol. The van der Waals surface area contributed by atoms with E-state index in [9.17, 15) is 89.1 Å². The van der Waals surface area contributed by atoms with Crippen molar-refractivity contribution in [1.82, 2.24) is 25.3 Å². The molecule has 2 aromatic rings. The van der Waals surface area contributed by atoms with E-state index in [0.717, 1.165) is 4.90 Å². The average molecular weight is 1330 g/mol. The number of carboxylic acid groups (broad SMARTS) is 3. The van der Waals surface area contributed by atoms with Crippen molar-refractivity contribution >= 4 is 59.2 Å². The summed E-state index contributed by atoms with van der Waals surface area (Å²) in [5.41, 5.74) is 6.34. The van der Waals surface area contributed by atoms with Gasteiger partial charge in [0.05, 0.1) is 54.3 Å². The fourth-order valence-electron chi connectivity index (χ4n) is 12.2. The van der Waals surface area contributed by atoms with Crippen molar-refractivity contribution < 1.29 is 118 Å². The maximum absolute atomic E-state index is 14.8. The summed E-state index contributed by atoms with van der Waals surface area (Å²) in [5, 5.41) is 99.2. The first-order valence-electron chi connectivity index (χ1n) is 31.3. The van der Waals surface area contributed by atoms with Crippen LogP contribution in [0.3, 0.4) is 0 Å². The lowest BCUT2D eigenvalue weighted by atomic mass is 9.80. The number of carbonyl (C=O) groups is 9. The van der Waals surface area contributed by atoms with Crippen molar-refractivity contribution in [3.05, 3.63) is 53.6 Å². The van der Waals surface area contributed by atoms with E-state index in [1.54, 1.807) is 46.6 Å². The van der Waals surface area contributed by atoms with Crippen molar-refractivity contribution in [2.24, 2.45) is 35.3 Å². The topological polar surface area (TPSA) is 463 Å². The Morgan fingerprint density at radius 2 is 1.38 bits per heavy atom. The number of likely N-dealkylation sites (N-methyl/N-ethyl adjacent to an activating group) is 2. The van der Waals surface area contributed by atoms with Gasteiger partial charge in [0.15, 0.2) is 6.10 Å². The maximum atomic E-state index is 14.8. The smallest absolute Gasteiger partial charge is 0.410 e. The van der Waals surface area contributed by atoms with Crippen LogP contribution in [-0.4, -0.2) is 253 Å². The summed E-state index contributed by atoms with van der Waals surface area (Å²) >= 11 is 0. The number of nitrogens with zero attached hydrogens (tertiary/aromatic N) is 3. The number of methoxy groups -OCH3 is 2. The van der Waals surface area contributed by atoms with Crippen molar-refractivity contribution in [1.29, 1.82) is 0 Å². The van der Waals surface area contributed by atoms with Gasteiger partial charge in [0.25, 0.3) is 0 Å². The Morgan fingerprint density at radius 3 is 1.95 bits per heavy atom. The summed E-state index contributed by atoms with van der Waals surface area (Å²) in [6.07, 6.45) is -18.1. The zero-order valence-corrected chi connectivity index (χ0v) is 54.8. The number of amides is 6. The Hall–Kier alpha value is -7.33. The quantitative estimate of drug-likeness (QED) is 0.0445. The number of rotatable bonds is 32. The number of likely N-dealkylation sites (tertiary alicyclic amines) is 1. The molecule has 19 atom stereocenters. The summed E-state index contributed by atoms with van der Waals surface area (Å²) in [6, 6.07) is 4.74. The highest BCUT2D eigenvalue weighted by atomic mass is 16.7. The average Bonchev–Trinajstić information content (AvgIpc) is 0.900. The molecule has 0 aromatic heterocycles. The van der Waals surface area contributed by atoms with Crippen LogP contribution >= 0.6 is 0 Å². The molecule has 2 aliphatic heterocycles. The predicted octanol–water partition coefficient (Wildman–Crippen LogP) is -0.354. The van der Waals surface area contributed by atoms with Crippen molar-refractivity contribution in [3.8, 4) is 11.5 Å². The molecule has 2 saturated heterocycles. The van der Waals surface area contributed by atoms with Gasteiger partial charge in [-0.05, 0) is 66.0 Å². The Morgan fingerprint density at radius 1 is 0.745 bits per heavy atom. The first kappa shape index (κ1) is 77.4. The summed E-state index contributed by atoms with van der Waals surface area (Å²) in [6.45, 7) is 12.1. The number of nitrogens with one attached hydrogen (secondary N) is 3.